The summed E-state index contributed by atoms with van der Waals surface area (Å²) in [5.74, 6) is 2.79. The Morgan fingerprint density at radius 2 is 1.50 bits per heavy atom. The third-order valence-electron chi connectivity index (χ3n) is 6.37. The van der Waals surface area contributed by atoms with Gasteiger partial charge in [0.25, 0.3) is 0 Å². The van der Waals surface area contributed by atoms with Crippen molar-refractivity contribution in [2.75, 3.05) is 54.4 Å². The van der Waals surface area contributed by atoms with Crippen LogP contribution in [0.3, 0.4) is 0 Å². The summed E-state index contributed by atoms with van der Waals surface area (Å²) in [4.78, 5) is 21.0. The van der Waals surface area contributed by atoms with Gasteiger partial charge >= 0.3 is 0 Å². The van der Waals surface area contributed by atoms with Crippen LogP contribution in [0.15, 0.2) is 67.0 Å². The summed E-state index contributed by atoms with van der Waals surface area (Å²) in [5.41, 5.74) is 1.39. The van der Waals surface area contributed by atoms with Crippen molar-refractivity contribution in [2.24, 2.45) is 0 Å². The van der Waals surface area contributed by atoms with Crippen molar-refractivity contribution in [2.45, 2.75) is 25.4 Å². The van der Waals surface area contributed by atoms with Crippen molar-refractivity contribution in [3.63, 3.8) is 0 Å². The topological polar surface area (TPSA) is 60.4 Å². The molecule has 0 saturated carbocycles. The van der Waals surface area contributed by atoms with E-state index in [1.165, 1.54) is 5.56 Å². The molecule has 3 aromatic rings. The van der Waals surface area contributed by atoms with Crippen LogP contribution >= 0.6 is 0 Å². The van der Waals surface area contributed by atoms with Crippen LogP contribution in [0, 0.1) is 0 Å². The molecule has 2 fully saturated rings. The van der Waals surface area contributed by atoms with Crippen molar-refractivity contribution in [3.8, 4) is 0 Å². The van der Waals surface area contributed by atoms with E-state index in [1.807, 2.05) is 30.6 Å². The maximum Gasteiger partial charge on any atom is 0.227 e. The summed E-state index contributed by atoms with van der Waals surface area (Å²) in [5, 5.41) is 3.65. The number of nitrogens with one attached hydrogen (secondary N) is 1. The van der Waals surface area contributed by atoms with E-state index in [0.717, 1.165) is 76.2 Å². The molecule has 2 saturated heterocycles. The summed E-state index contributed by atoms with van der Waals surface area (Å²) < 4.78 is 0. The minimum atomic E-state index is 0.464. The molecular weight excluding hydrogens is 398 g/mol. The quantitative estimate of drug-likeness (QED) is 0.645. The zero-order chi connectivity index (χ0) is 21.6. The maximum absolute atomic E-state index is 4.83. The maximum atomic E-state index is 4.83. The Bertz CT molecular complexity index is 966. The lowest BCUT2D eigenvalue weighted by Gasteiger charge is -2.35. The fourth-order valence-electron chi connectivity index (χ4n) is 4.54. The van der Waals surface area contributed by atoms with Gasteiger partial charge in [0, 0.05) is 64.2 Å². The van der Waals surface area contributed by atoms with Gasteiger partial charge in [-0.2, -0.15) is 4.98 Å². The molecule has 0 aliphatic carbocycles. The van der Waals surface area contributed by atoms with Gasteiger partial charge in [0.2, 0.25) is 5.95 Å². The van der Waals surface area contributed by atoms with Crippen molar-refractivity contribution >= 4 is 17.6 Å². The molecule has 32 heavy (non-hydrogen) atoms. The van der Waals surface area contributed by atoms with Crippen LogP contribution in [0.4, 0.5) is 17.6 Å². The van der Waals surface area contributed by atoms with Crippen LogP contribution in [0.25, 0.3) is 0 Å². The van der Waals surface area contributed by atoms with Gasteiger partial charge < -0.3 is 15.1 Å². The summed E-state index contributed by atoms with van der Waals surface area (Å²) in [6, 6.07) is 19.3. The fourth-order valence-corrected chi connectivity index (χ4v) is 4.54. The summed E-state index contributed by atoms with van der Waals surface area (Å²) >= 11 is 0. The number of pyridine rings is 1. The van der Waals surface area contributed by atoms with E-state index in [-0.39, 0.29) is 0 Å². The lowest BCUT2D eigenvalue weighted by Crippen LogP contribution is -2.47. The van der Waals surface area contributed by atoms with Gasteiger partial charge in [0.15, 0.2) is 0 Å². The van der Waals surface area contributed by atoms with Crippen molar-refractivity contribution in [3.05, 3.63) is 72.6 Å². The minimum absolute atomic E-state index is 0.464. The highest BCUT2D eigenvalue weighted by Gasteiger charge is 2.22. The van der Waals surface area contributed by atoms with Gasteiger partial charge in [-0.05, 0) is 36.6 Å². The van der Waals surface area contributed by atoms with E-state index in [1.54, 1.807) is 0 Å². The molecular formula is C25H31N7. The van der Waals surface area contributed by atoms with Gasteiger partial charge in [0.1, 0.15) is 11.6 Å². The molecule has 0 unspecified atom stereocenters. The zero-order valence-corrected chi connectivity index (χ0v) is 18.5. The lowest BCUT2D eigenvalue weighted by molar-refractivity contribution is 0.211. The van der Waals surface area contributed by atoms with E-state index in [9.17, 15) is 0 Å². The summed E-state index contributed by atoms with van der Waals surface area (Å²) in [6.07, 6.45) is 6.00. The predicted octanol–water partition coefficient (Wildman–Crippen LogP) is 3.27. The van der Waals surface area contributed by atoms with Crippen LogP contribution in [0.5, 0.6) is 0 Å². The highest BCUT2D eigenvalue weighted by atomic mass is 15.3. The lowest BCUT2D eigenvalue weighted by atomic mass is 10.0. The smallest absolute Gasteiger partial charge is 0.227 e. The van der Waals surface area contributed by atoms with E-state index < -0.39 is 0 Å². The van der Waals surface area contributed by atoms with Crippen LogP contribution in [0.2, 0.25) is 0 Å². The van der Waals surface area contributed by atoms with Gasteiger partial charge in [-0.1, -0.05) is 36.4 Å². The van der Waals surface area contributed by atoms with E-state index in [2.05, 4.69) is 66.4 Å². The predicted molar refractivity (Wildman–Crippen MR) is 129 cm³/mol. The number of piperidine rings is 1. The van der Waals surface area contributed by atoms with Gasteiger partial charge in [-0.15, -0.1) is 0 Å². The molecule has 0 radical (unpaired) electrons. The number of benzene rings is 1. The first kappa shape index (κ1) is 20.7. The summed E-state index contributed by atoms with van der Waals surface area (Å²) in [6.45, 7) is 6.92. The third kappa shape index (κ3) is 5.16. The first-order chi connectivity index (χ1) is 15.8. The first-order valence-electron chi connectivity index (χ1n) is 11.6. The molecule has 166 valence electrons. The SMILES string of the molecule is c1ccc(CN2CCC(Nc3ccnc(N4CCN(c5ccccn5)CC4)n3)CC2)cc1. The molecule has 5 rings (SSSR count). The van der Waals surface area contributed by atoms with E-state index in [4.69, 9.17) is 4.98 Å². The average Bonchev–Trinajstić information content (AvgIpc) is 2.87. The van der Waals surface area contributed by atoms with Gasteiger partial charge in [0.05, 0.1) is 0 Å². The number of rotatable bonds is 6. The molecule has 2 aliphatic heterocycles. The van der Waals surface area contributed by atoms with Crippen LogP contribution in [-0.2, 0) is 6.54 Å². The van der Waals surface area contributed by atoms with E-state index in [0.29, 0.717) is 6.04 Å². The molecule has 1 N–H and O–H groups in total. The molecule has 2 aromatic heterocycles. The molecule has 4 heterocycles. The number of aromatic nitrogens is 3. The van der Waals surface area contributed by atoms with Crippen LogP contribution in [0.1, 0.15) is 18.4 Å². The monoisotopic (exact) mass is 429 g/mol. The van der Waals surface area contributed by atoms with Crippen LogP contribution < -0.4 is 15.1 Å². The standard InChI is InChI=1S/C25H31N7/c1-2-6-21(7-3-1)20-30-14-10-22(11-15-30)28-23-9-13-27-25(29-23)32-18-16-31(17-19-32)24-8-4-5-12-26-24/h1-9,12-13,22H,10-11,14-20H2,(H,27,28,29). The number of piperazine rings is 1. The average molecular weight is 430 g/mol. The Morgan fingerprint density at radius 1 is 0.750 bits per heavy atom. The second-order valence-corrected chi connectivity index (χ2v) is 8.58. The molecule has 1 aromatic carbocycles. The zero-order valence-electron chi connectivity index (χ0n) is 18.5. The number of likely N-dealkylation sites (tertiary alicyclic amines) is 1. The highest BCUT2D eigenvalue weighted by Crippen LogP contribution is 2.20. The third-order valence-corrected chi connectivity index (χ3v) is 6.37. The largest absolute Gasteiger partial charge is 0.367 e. The van der Waals surface area contributed by atoms with Crippen LogP contribution in [-0.4, -0.2) is 65.2 Å². The van der Waals surface area contributed by atoms with Gasteiger partial charge in [-0.25, -0.2) is 9.97 Å². The highest BCUT2D eigenvalue weighted by molar-refractivity contribution is 5.45. The van der Waals surface area contributed by atoms with Crippen molar-refractivity contribution in [1.29, 1.82) is 0 Å². The second kappa shape index (κ2) is 9.96. The number of nitrogens with zero attached hydrogens (tertiary/aromatic N) is 6. The Balaban J connectivity index is 1.12. The molecule has 0 spiro atoms. The molecule has 0 bridgehead atoms. The Kier molecular flexibility index (Phi) is 6.44. The van der Waals surface area contributed by atoms with Crippen molar-refractivity contribution in [1.82, 2.24) is 19.9 Å². The molecule has 2 aliphatic rings. The molecule has 0 amide bonds. The number of hydrogen-bond acceptors (Lipinski definition) is 7. The van der Waals surface area contributed by atoms with Gasteiger partial charge in [-0.3, -0.25) is 4.90 Å². The molecule has 7 heteroatoms. The first-order valence-corrected chi connectivity index (χ1v) is 11.6. The number of anilines is 3. The second-order valence-electron chi connectivity index (χ2n) is 8.58. The Labute approximate surface area is 190 Å². The molecule has 7 nitrogen and oxygen atoms in total. The van der Waals surface area contributed by atoms with E-state index >= 15 is 0 Å². The normalized spacial score (nSPS) is 18.0. The number of hydrogen-bond donors (Lipinski definition) is 1. The van der Waals surface area contributed by atoms with Crippen molar-refractivity contribution < 1.29 is 0 Å². The summed E-state index contributed by atoms with van der Waals surface area (Å²) in [7, 11) is 0. The Hall–Kier alpha value is -3.19. The fraction of sp³-hybridized carbons (Fsp3) is 0.400. The minimum Gasteiger partial charge on any atom is -0.367 e. The molecule has 0 atom stereocenters. The Morgan fingerprint density at radius 3 is 2.25 bits per heavy atom.